The van der Waals surface area contributed by atoms with Gasteiger partial charge in [-0.05, 0) is 81.8 Å². The van der Waals surface area contributed by atoms with Crippen LogP contribution in [0.3, 0.4) is 0 Å². The highest BCUT2D eigenvalue weighted by molar-refractivity contribution is 14.1. The zero-order chi connectivity index (χ0) is 22.4. The van der Waals surface area contributed by atoms with Crippen LogP contribution in [0.25, 0.3) is 11.6 Å². The molecule has 0 amide bonds. The van der Waals surface area contributed by atoms with E-state index in [0.29, 0.717) is 34.3 Å². The zero-order valence-corrected chi connectivity index (χ0v) is 19.3. The first kappa shape index (κ1) is 22.7. The number of ether oxygens (including phenoxy) is 2. The quantitative estimate of drug-likeness (QED) is 0.214. The molecule has 0 radical (unpaired) electrons. The summed E-state index contributed by atoms with van der Waals surface area (Å²) in [5, 5.41) is 19.3. The van der Waals surface area contributed by atoms with Crippen molar-refractivity contribution in [1.82, 2.24) is 0 Å². The first-order valence-corrected chi connectivity index (χ1v) is 10.6. The molecule has 0 aliphatic carbocycles. The summed E-state index contributed by atoms with van der Waals surface area (Å²) in [5.41, 5.74) is 2.94. The van der Waals surface area contributed by atoms with Crippen molar-refractivity contribution in [3.63, 3.8) is 0 Å². The number of aromatic carboxylic acids is 1. The van der Waals surface area contributed by atoms with Crippen LogP contribution in [0.5, 0.6) is 11.5 Å². The summed E-state index contributed by atoms with van der Waals surface area (Å²) in [6.07, 6.45) is 1.73. The van der Waals surface area contributed by atoms with Crippen molar-refractivity contribution in [1.29, 1.82) is 5.26 Å². The molecule has 31 heavy (non-hydrogen) atoms. The van der Waals surface area contributed by atoms with Gasteiger partial charge in [0.2, 0.25) is 0 Å². The van der Waals surface area contributed by atoms with E-state index in [4.69, 9.17) is 26.2 Å². The number of benzene rings is 3. The molecule has 3 rings (SSSR count). The molecule has 1 N–H and O–H groups in total. The number of rotatable bonds is 7. The van der Waals surface area contributed by atoms with Gasteiger partial charge in [-0.15, -0.1) is 0 Å². The monoisotopic (exact) mass is 545 g/mol. The Hall–Kier alpha value is -3.02. The normalized spacial score (nSPS) is 11.0. The molecule has 5 nitrogen and oxygen atoms in total. The number of carboxylic acid groups (broad SMARTS) is 1. The first-order valence-electron chi connectivity index (χ1n) is 9.11. The Morgan fingerprint density at radius 1 is 1.13 bits per heavy atom. The summed E-state index contributed by atoms with van der Waals surface area (Å²) in [4.78, 5) is 11.0. The van der Waals surface area contributed by atoms with Crippen LogP contribution in [0.1, 0.15) is 27.0 Å². The maximum Gasteiger partial charge on any atom is 0.335 e. The van der Waals surface area contributed by atoms with E-state index in [2.05, 4.69) is 28.7 Å². The second-order valence-electron chi connectivity index (χ2n) is 6.50. The molecule has 0 atom stereocenters. The van der Waals surface area contributed by atoms with Gasteiger partial charge < -0.3 is 14.6 Å². The fraction of sp³-hybridized carbons (Fsp3) is 0.0833. The minimum absolute atomic E-state index is 0.166. The number of hydrogen-bond acceptors (Lipinski definition) is 4. The smallest absolute Gasteiger partial charge is 0.335 e. The van der Waals surface area contributed by atoms with Crippen molar-refractivity contribution in [3.8, 4) is 17.6 Å². The molecule has 0 bridgehead atoms. The third-order valence-electron chi connectivity index (χ3n) is 4.42. The molecule has 0 heterocycles. The fourth-order valence-corrected chi connectivity index (χ4v) is 3.75. The standard InChI is InChI=1S/C24H17ClINO4/c1-30-22-12-16(10-19(13-27)17-4-6-18(7-5-17)24(28)29)11-21(26)23(22)31-14-15-2-8-20(25)9-3-15/h2-12H,14H2,1H3,(H,28,29)/b19-10+. The molecule has 3 aromatic carbocycles. The largest absolute Gasteiger partial charge is 0.493 e. The van der Waals surface area contributed by atoms with Crippen LogP contribution in [-0.2, 0) is 6.61 Å². The van der Waals surface area contributed by atoms with Crippen LogP contribution in [0.15, 0.2) is 60.7 Å². The Morgan fingerprint density at radius 3 is 2.35 bits per heavy atom. The summed E-state index contributed by atoms with van der Waals surface area (Å²) in [6.45, 7) is 0.359. The van der Waals surface area contributed by atoms with Crippen molar-refractivity contribution < 1.29 is 19.4 Å². The van der Waals surface area contributed by atoms with Crippen molar-refractivity contribution in [2.24, 2.45) is 0 Å². The summed E-state index contributed by atoms with van der Waals surface area (Å²) in [6, 6.07) is 19.4. The van der Waals surface area contributed by atoms with Gasteiger partial charge in [0.25, 0.3) is 0 Å². The van der Waals surface area contributed by atoms with Gasteiger partial charge in [0.05, 0.1) is 27.9 Å². The number of allylic oxidation sites excluding steroid dienone is 1. The van der Waals surface area contributed by atoms with Crippen LogP contribution in [0.2, 0.25) is 5.02 Å². The highest BCUT2D eigenvalue weighted by atomic mass is 127. The number of halogens is 2. The van der Waals surface area contributed by atoms with Gasteiger partial charge in [-0.3, -0.25) is 0 Å². The van der Waals surface area contributed by atoms with E-state index in [1.807, 2.05) is 30.3 Å². The van der Waals surface area contributed by atoms with Crippen LogP contribution in [-0.4, -0.2) is 18.2 Å². The third-order valence-corrected chi connectivity index (χ3v) is 5.48. The maximum absolute atomic E-state index is 11.0. The third kappa shape index (κ3) is 5.78. The van der Waals surface area contributed by atoms with Gasteiger partial charge >= 0.3 is 5.97 Å². The Labute approximate surface area is 198 Å². The number of carboxylic acids is 1. The van der Waals surface area contributed by atoms with Crippen LogP contribution in [0.4, 0.5) is 0 Å². The number of carbonyl (C=O) groups is 1. The Balaban J connectivity index is 1.87. The maximum atomic E-state index is 11.0. The molecule has 156 valence electrons. The first-order chi connectivity index (χ1) is 14.9. The Bertz CT molecular complexity index is 1170. The molecule has 0 saturated carbocycles. The van der Waals surface area contributed by atoms with Gasteiger partial charge in [-0.25, -0.2) is 4.79 Å². The number of nitrogens with zero attached hydrogens (tertiary/aromatic N) is 1. The number of methoxy groups -OCH3 is 1. The van der Waals surface area contributed by atoms with Gasteiger partial charge in [-0.2, -0.15) is 5.26 Å². The van der Waals surface area contributed by atoms with E-state index < -0.39 is 5.97 Å². The molecule has 3 aromatic rings. The topological polar surface area (TPSA) is 79.5 Å². The summed E-state index contributed by atoms with van der Waals surface area (Å²) >= 11 is 8.09. The second kappa shape index (κ2) is 10.3. The van der Waals surface area contributed by atoms with Crippen LogP contribution in [0, 0.1) is 14.9 Å². The van der Waals surface area contributed by atoms with E-state index in [0.717, 1.165) is 14.7 Å². The van der Waals surface area contributed by atoms with Gasteiger partial charge in [0, 0.05) is 5.02 Å². The lowest BCUT2D eigenvalue weighted by Crippen LogP contribution is -2.00. The van der Waals surface area contributed by atoms with Gasteiger partial charge in [-0.1, -0.05) is 35.9 Å². The zero-order valence-electron chi connectivity index (χ0n) is 16.4. The van der Waals surface area contributed by atoms with Crippen molar-refractivity contribution in [2.75, 3.05) is 7.11 Å². The molecule has 0 aliphatic heterocycles. The summed E-state index contributed by atoms with van der Waals surface area (Å²) < 4.78 is 12.3. The van der Waals surface area contributed by atoms with Crippen molar-refractivity contribution in [3.05, 3.63) is 91.5 Å². The second-order valence-corrected chi connectivity index (χ2v) is 8.10. The molecule has 0 aromatic heterocycles. The van der Waals surface area contributed by atoms with Crippen LogP contribution < -0.4 is 9.47 Å². The molecule has 0 fully saturated rings. The van der Waals surface area contributed by atoms with Gasteiger partial charge in [0.15, 0.2) is 11.5 Å². The minimum atomic E-state index is -1.01. The van der Waals surface area contributed by atoms with E-state index in [1.54, 1.807) is 31.4 Å². The molecule has 0 spiro atoms. The lowest BCUT2D eigenvalue weighted by molar-refractivity contribution is 0.0697. The average molecular weight is 546 g/mol. The average Bonchev–Trinajstić information content (AvgIpc) is 2.77. The van der Waals surface area contributed by atoms with Crippen LogP contribution >= 0.6 is 34.2 Å². The SMILES string of the molecule is COc1cc(/C=C(\C#N)c2ccc(C(=O)O)cc2)cc(I)c1OCc1ccc(Cl)cc1. The number of nitriles is 1. The molecule has 0 unspecified atom stereocenters. The van der Waals surface area contributed by atoms with E-state index in [9.17, 15) is 10.1 Å². The minimum Gasteiger partial charge on any atom is -0.493 e. The van der Waals surface area contributed by atoms with Crippen molar-refractivity contribution >= 4 is 51.8 Å². The van der Waals surface area contributed by atoms with Crippen molar-refractivity contribution in [2.45, 2.75) is 6.61 Å². The highest BCUT2D eigenvalue weighted by Gasteiger charge is 2.13. The molecule has 0 aliphatic rings. The lowest BCUT2D eigenvalue weighted by atomic mass is 10.0. The Kier molecular flexibility index (Phi) is 7.55. The summed E-state index contributed by atoms with van der Waals surface area (Å²) in [5.74, 6) is 0.146. The lowest BCUT2D eigenvalue weighted by Gasteiger charge is -2.14. The highest BCUT2D eigenvalue weighted by Crippen LogP contribution is 2.35. The predicted octanol–water partition coefficient (Wildman–Crippen LogP) is 6.29. The summed E-state index contributed by atoms with van der Waals surface area (Å²) in [7, 11) is 1.56. The predicted molar refractivity (Wildman–Crippen MR) is 128 cm³/mol. The van der Waals surface area contributed by atoms with E-state index in [1.165, 1.54) is 12.1 Å². The van der Waals surface area contributed by atoms with E-state index >= 15 is 0 Å². The molecule has 7 heteroatoms. The Morgan fingerprint density at radius 2 is 1.77 bits per heavy atom. The molecular formula is C24H17ClINO4. The molecular weight excluding hydrogens is 529 g/mol. The van der Waals surface area contributed by atoms with Gasteiger partial charge in [0.1, 0.15) is 6.61 Å². The number of hydrogen-bond donors (Lipinski definition) is 1. The van der Waals surface area contributed by atoms with E-state index in [-0.39, 0.29) is 5.56 Å². The fourth-order valence-electron chi connectivity index (χ4n) is 2.84. The molecule has 0 saturated heterocycles.